The van der Waals surface area contributed by atoms with E-state index in [4.69, 9.17) is 5.73 Å². The number of primary amides is 1. The predicted molar refractivity (Wildman–Crippen MR) is 67.0 cm³/mol. The Hall–Kier alpha value is -2.21. The van der Waals surface area contributed by atoms with Gasteiger partial charge in [-0.05, 0) is 0 Å². The van der Waals surface area contributed by atoms with Gasteiger partial charge < -0.3 is 10.5 Å². The molecule has 0 radical (unpaired) electrons. The zero-order valence-corrected chi connectivity index (χ0v) is 10.1. The summed E-state index contributed by atoms with van der Waals surface area (Å²) in [6, 6.07) is 9.48. The van der Waals surface area contributed by atoms with Gasteiger partial charge >= 0.3 is 5.97 Å². The monoisotopic (exact) mass is 262 g/mol. The molecule has 18 heavy (non-hydrogen) atoms. The Balaban J connectivity index is 2.11. The van der Waals surface area contributed by atoms with Gasteiger partial charge in [0, 0.05) is 10.9 Å². The molecule has 1 aromatic carbocycles. The first-order valence-corrected chi connectivity index (χ1v) is 6.01. The van der Waals surface area contributed by atoms with Crippen LogP contribution >= 0.6 is 11.3 Å². The van der Waals surface area contributed by atoms with E-state index in [9.17, 15) is 9.59 Å². The predicted octanol–water partition coefficient (Wildman–Crippen LogP) is 1.45. The fourth-order valence-electron chi connectivity index (χ4n) is 1.29. The second-order valence-electron chi connectivity index (χ2n) is 3.45. The number of benzene rings is 1. The molecular formula is C12H10N2O3S. The highest BCUT2D eigenvalue weighted by atomic mass is 32.1. The molecule has 0 spiro atoms. The van der Waals surface area contributed by atoms with Crippen molar-refractivity contribution in [2.45, 2.75) is 0 Å². The number of carbonyl (C=O) groups is 2. The molecule has 0 unspecified atom stereocenters. The normalized spacial score (nSPS) is 10.0. The Morgan fingerprint density at radius 2 is 2.00 bits per heavy atom. The van der Waals surface area contributed by atoms with Crippen LogP contribution in [0.1, 0.15) is 10.5 Å². The zero-order chi connectivity index (χ0) is 13.0. The molecule has 2 N–H and O–H groups in total. The van der Waals surface area contributed by atoms with E-state index in [0.717, 1.165) is 10.6 Å². The van der Waals surface area contributed by atoms with Crippen LogP contribution < -0.4 is 5.73 Å². The maximum atomic E-state index is 11.5. The van der Waals surface area contributed by atoms with Crippen molar-refractivity contribution in [2.75, 3.05) is 6.61 Å². The van der Waals surface area contributed by atoms with Crippen molar-refractivity contribution in [3.63, 3.8) is 0 Å². The first-order valence-electron chi connectivity index (χ1n) is 5.13. The number of aromatic nitrogens is 1. The molecule has 0 bridgehead atoms. The molecule has 6 heteroatoms. The van der Waals surface area contributed by atoms with Gasteiger partial charge in [0.1, 0.15) is 5.01 Å². The number of amides is 1. The van der Waals surface area contributed by atoms with Crippen molar-refractivity contribution in [1.29, 1.82) is 0 Å². The lowest BCUT2D eigenvalue weighted by Crippen LogP contribution is -2.21. The maximum Gasteiger partial charge on any atom is 0.358 e. The van der Waals surface area contributed by atoms with Crippen molar-refractivity contribution >= 4 is 23.2 Å². The molecule has 0 atom stereocenters. The SMILES string of the molecule is NC(=O)COC(=O)c1csc(-c2ccccc2)n1. The topological polar surface area (TPSA) is 82.3 Å². The van der Waals surface area contributed by atoms with Crippen LogP contribution in [0.15, 0.2) is 35.7 Å². The summed E-state index contributed by atoms with van der Waals surface area (Å²) in [6.45, 7) is -0.434. The molecule has 2 aromatic rings. The van der Waals surface area contributed by atoms with Gasteiger partial charge in [-0.3, -0.25) is 4.79 Å². The van der Waals surface area contributed by atoms with Crippen molar-refractivity contribution in [3.8, 4) is 10.6 Å². The summed E-state index contributed by atoms with van der Waals surface area (Å²) in [5.74, 6) is -1.34. The van der Waals surface area contributed by atoms with E-state index in [1.165, 1.54) is 11.3 Å². The highest BCUT2D eigenvalue weighted by molar-refractivity contribution is 7.13. The number of thiazole rings is 1. The molecule has 0 aliphatic rings. The molecule has 1 heterocycles. The molecule has 1 aromatic heterocycles. The average molecular weight is 262 g/mol. The largest absolute Gasteiger partial charge is 0.451 e. The summed E-state index contributed by atoms with van der Waals surface area (Å²) in [5.41, 5.74) is 5.99. The molecule has 1 amide bonds. The second-order valence-corrected chi connectivity index (χ2v) is 4.30. The Morgan fingerprint density at radius 1 is 1.28 bits per heavy atom. The number of carbonyl (C=O) groups excluding carboxylic acids is 2. The summed E-state index contributed by atoms with van der Waals surface area (Å²) >= 11 is 1.34. The van der Waals surface area contributed by atoms with Crippen LogP contribution in [-0.2, 0) is 9.53 Å². The zero-order valence-electron chi connectivity index (χ0n) is 9.33. The first kappa shape index (κ1) is 12.3. The molecule has 0 saturated carbocycles. The number of esters is 1. The Bertz CT molecular complexity index is 566. The Morgan fingerprint density at radius 3 is 2.67 bits per heavy atom. The van der Waals surface area contributed by atoms with Gasteiger partial charge in [0.15, 0.2) is 12.3 Å². The van der Waals surface area contributed by atoms with Gasteiger partial charge in [0.25, 0.3) is 5.91 Å². The van der Waals surface area contributed by atoms with E-state index in [1.54, 1.807) is 5.38 Å². The van der Waals surface area contributed by atoms with Gasteiger partial charge in [-0.25, -0.2) is 9.78 Å². The number of hydrogen-bond donors (Lipinski definition) is 1. The number of hydrogen-bond acceptors (Lipinski definition) is 5. The highest BCUT2D eigenvalue weighted by Crippen LogP contribution is 2.23. The van der Waals surface area contributed by atoms with Crippen molar-refractivity contribution in [1.82, 2.24) is 4.98 Å². The third-order valence-corrected chi connectivity index (χ3v) is 2.97. The minimum atomic E-state index is -0.693. The molecule has 5 nitrogen and oxygen atoms in total. The number of nitrogens with two attached hydrogens (primary N) is 1. The Labute approximate surface area is 107 Å². The van der Waals surface area contributed by atoms with Crippen LogP contribution in [0, 0.1) is 0 Å². The van der Waals surface area contributed by atoms with E-state index in [0.29, 0.717) is 0 Å². The number of ether oxygens (including phenoxy) is 1. The summed E-state index contributed by atoms with van der Waals surface area (Å²) in [7, 11) is 0. The van der Waals surface area contributed by atoms with Crippen LogP contribution in [0.3, 0.4) is 0 Å². The minimum Gasteiger partial charge on any atom is -0.451 e. The van der Waals surface area contributed by atoms with Gasteiger partial charge in [-0.15, -0.1) is 11.3 Å². The van der Waals surface area contributed by atoms with E-state index in [2.05, 4.69) is 9.72 Å². The van der Waals surface area contributed by atoms with Crippen LogP contribution in [0.2, 0.25) is 0 Å². The fourth-order valence-corrected chi connectivity index (χ4v) is 2.09. The molecule has 92 valence electrons. The van der Waals surface area contributed by atoms with Crippen LogP contribution in [0.25, 0.3) is 10.6 Å². The summed E-state index contributed by atoms with van der Waals surface area (Å²) in [4.78, 5) is 26.1. The van der Waals surface area contributed by atoms with Crippen LogP contribution in [-0.4, -0.2) is 23.5 Å². The molecular weight excluding hydrogens is 252 g/mol. The third-order valence-electron chi connectivity index (χ3n) is 2.08. The lowest BCUT2D eigenvalue weighted by atomic mass is 10.2. The van der Waals surface area contributed by atoms with E-state index in [-0.39, 0.29) is 5.69 Å². The first-order chi connectivity index (χ1) is 8.66. The average Bonchev–Trinajstić information content (AvgIpc) is 2.86. The van der Waals surface area contributed by atoms with Crippen molar-refractivity contribution in [2.24, 2.45) is 5.73 Å². The smallest absolute Gasteiger partial charge is 0.358 e. The molecule has 0 fully saturated rings. The van der Waals surface area contributed by atoms with Gasteiger partial charge in [0.05, 0.1) is 0 Å². The minimum absolute atomic E-state index is 0.181. The quantitative estimate of drug-likeness (QED) is 0.845. The van der Waals surface area contributed by atoms with Crippen molar-refractivity contribution in [3.05, 3.63) is 41.4 Å². The van der Waals surface area contributed by atoms with Crippen LogP contribution in [0.4, 0.5) is 0 Å². The highest BCUT2D eigenvalue weighted by Gasteiger charge is 2.13. The fraction of sp³-hybridized carbons (Fsp3) is 0.0833. The summed E-state index contributed by atoms with van der Waals surface area (Å²) < 4.78 is 4.67. The van der Waals surface area contributed by atoms with E-state index < -0.39 is 18.5 Å². The lowest BCUT2D eigenvalue weighted by molar-refractivity contribution is -0.121. The van der Waals surface area contributed by atoms with Crippen molar-refractivity contribution < 1.29 is 14.3 Å². The van der Waals surface area contributed by atoms with E-state index >= 15 is 0 Å². The molecule has 0 aliphatic carbocycles. The lowest BCUT2D eigenvalue weighted by Gasteiger charge is -1.98. The summed E-state index contributed by atoms with van der Waals surface area (Å²) in [6.07, 6.45) is 0. The standard InChI is InChI=1S/C12H10N2O3S/c13-10(15)6-17-12(16)9-7-18-11(14-9)8-4-2-1-3-5-8/h1-5,7H,6H2,(H2,13,15). The summed E-state index contributed by atoms with van der Waals surface area (Å²) in [5, 5.41) is 2.31. The Kier molecular flexibility index (Phi) is 3.69. The maximum absolute atomic E-state index is 11.5. The second kappa shape index (κ2) is 5.42. The number of nitrogens with zero attached hydrogens (tertiary/aromatic N) is 1. The van der Waals surface area contributed by atoms with E-state index in [1.807, 2.05) is 30.3 Å². The molecule has 0 saturated heterocycles. The van der Waals surface area contributed by atoms with Gasteiger partial charge in [-0.1, -0.05) is 30.3 Å². The third kappa shape index (κ3) is 2.92. The van der Waals surface area contributed by atoms with Gasteiger partial charge in [0.2, 0.25) is 0 Å². The van der Waals surface area contributed by atoms with Crippen LogP contribution in [0.5, 0.6) is 0 Å². The number of rotatable bonds is 4. The van der Waals surface area contributed by atoms with Gasteiger partial charge in [-0.2, -0.15) is 0 Å². The molecule has 2 rings (SSSR count). The molecule has 0 aliphatic heterocycles.